The number of carbonyl (C=O) groups is 1. The smallest absolute Gasteiger partial charge is 0.346 e. The molecule has 0 aliphatic carbocycles. The second-order valence-corrected chi connectivity index (χ2v) is 4.99. The van der Waals surface area contributed by atoms with Crippen LogP contribution >= 0.6 is 0 Å². The average Bonchev–Trinajstić information content (AvgIpc) is 2.42. The Balaban J connectivity index is 2.06. The Morgan fingerprint density at radius 1 is 1.37 bits per heavy atom. The number of carbonyl (C=O) groups excluding carboxylic acids is 1. The van der Waals surface area contributed by atoms with Gasteiger partial charge in [0.1, 0.15) is 0 Å². The highest BCUT2D eigenvalue weighted by atomic mass is 19.3. The summed E-state index contributed by atoms with van der Waals surface area (Å²) in [7, 11) is 0. The highest BCUT2D eigenvalue weighted by Gasteiger charge is 2.42. The highest BCUT2D eigenvalue weighted by Crippen LogP contribution is 2.28. The van der Waals surface area contributed by atoms with Crippen molar-refractivity contribution < 1.29 is 13.6 Å². The van der Waals surface area contributed by atoms with Crippen molar-refractivity contribution in [3.05, 3.63) is 35.9 Å². The second-order valence-electron chi connectivity index (χ2n) is 4.99. The van der Waals surface area contributed by atoms with Crippen LogP contribution in [0.5, 0.6) is 0 Å². The lowest BCUT2D eigenvalue weighted by atomic mass is 9.94. The van der Waals surface area contributed by atoms with E-state index in [4.69, 9.17) is 0 Å². The molecule has 2 rings (SSSR count). The number of hydrogen-bond acceptors (Lipinski definition) is 2. The number of piperidine rings is 1. The zero-order chi connectivity index (χ0) is 13.9. The van der Waals surface area contributed by atoms with E-state index in [1.54, 1.807) is 6.07 Å². The zero-order valence-corrected chi connectivity index (χ0v) is 10.8. The van der Waals surface area contributed by atoms with Crippen molar-refractivity contribution in [1.82, 2.24) is 10.6 Å². The van der Waals surface area contributed by atoms with Crippen LogP contribution < -0.4 is 10.6 Å². The van der Waals surface area contributed by atoms with Gasteiger partial charge < -0.3 is 10.6 Å². The fraction of sp³-hybridized carbons (Fsp3) is 0.500. The van der Waals surface area contributed by atoms with Crippen LogP contribution in [0.25, 0.3) is 0 Å². The Labute approximate surface area is 111 Å². The first-order chi connectivity index (χ1) is 9.01. The van der Waals surface area contributed by atoms with Crippen molar-refractivity contribution in [2.45, 2.75) is 25.3 Å². The van der Waals surface area contributed by atoms with E-state index in [0.29, 0.717) is 6.54 Å². The molecule has 5 heteroatoms. The van der Waals surface area contributed by atoms with Gasteiger partial charge in [-0.2, -0.15) is 8.78 Å². The summed E-state index contributed by atoms with van der Waals surface area (Å²) in [6, 6.07) is 6.94. The molecule has 1 saturated heterocycles. The van der Waals surface area contributed by atoms with Crippen LogP contribution in [0, 0.1) is 5.92 Å². The quantitative estimate of drug-likeness (QED) is 0.879. The van der Waals surface area contributed by atoms with Crippen LogP contribution in [0.3, 0.4) is 0 Å². The lowest BCUT2D eigenvalue weighted by Gasteiger charge is -2.31. The van der Waals surface area contributed by atoms with E-state index in [0.717, 1.165) is 13.0 Å². The van der Waals surface area contributed by atoms with Gasteiger partial charge in [0, 0.05) is 18.2 Å². The van der Waals surface area contributed by atoms with Gasteiger partial charge in [-0.05, 0) is 18.9 Å². The third-order valence-corrected chi connectivity index (χ3v) is 3.57. The Kier molecular flexibility index (Phi) is 4.14. The molecular weight excluding hydrogens is 250 g/mol. The molecule has 0 radical (unpaired) electrons. The van der Waals surface area contributed by atoms with Gasteiger partial charge in [0.05, 0.1) is 0 Å². The van der Waals surface area contributed by atoms with E-state index in [1.165, 1.54) is 24.3 Å². The summed E-state index contributed by atoms with van der Waals surface area (Å²) in [6.07, 6.45) is 0.877. The molecule has 2 atom stereocenters. The molecule has 1 aromatic carbocycles. The Hall–Kier alpha value is -1.49. The minimum absolute atomic E-state index is 0.205. The zero-order valence-electron chi connectivity index (χ0n) is 10.8. The van der Waals surface area contributed by atoms with E-state index in [2.05, 4.69) is 10.6 Å². The van der Waals surface area contributed by atoms with Crippen molar-refractivity contribution >= 4 is 5.91 Å². The van der Waals surface area contributed by atoms with Gasteiger partial charge in [0.2, 0.25) is 0 Å². The van der Waals surface area contributed by atoms with Crippen LogP contribution in [0.2, 0.25) is 0 Å². The third-order valence-electron chi connectivity index (χ3n) is 3.57. The summed E-state index contributed by atoms with van der Waals surface area (Å²) in [5.74, 6) is -4.51. The van der Waals surface area contributed by atoms with Crippen LogP contribution in [0.1, 0.15) is 18.9 Å². The fourth-order valence-corrected chi connectivity index (χ4v) is 2.22. The van der Waals surface area contributed by atoms with Crippen LogP contribution in [0.15, 0.2) is 30.3 Å². The van der Waals surface area contributed by atoms with Crippen molar-refractivity contribution in [3.8, 4) is 0 Å². The van der Waals surface area contributed by atoms with Gasteiger partial charge in [-0.15, -0.1) is 0 Å². The van der Waals surface area contributed by atoms with Gasteiger partial charge in [0.15, 0.2) is 0 Å². The number of hydrogen-bond donors (Lipinski definition) is 2. The standard InChI is InChI=1S/C14H18F2N2O/c1-10-7-8-17-9-12(10)18-13(19)14(15,16)11-5-3-2-4-6-11/h2-6,10,12,17H,7-9H2,1H3,(H,18,19). The van der Waals surface area contributed by atoms with Gasteiger partial charge in [-0.3, -0.25) is 4.79 Å². The molecule has 0 saturated carbocycles. The molecule has 1 amide bonds. The Bertz CT molecular complexity index is 436. The van der Waals surface area contributed by atoms with Crippen LogP contribution in [-0.4, -0.2) is 25.0 Å². The number of benzene rings is 1. The van der Waals surface area contributed by atoms with Crippen LogP contribution in [-0.2, 0) is 10.7 Å². The van der Waals surface area contributed by atoms with Gasteiger partial charge in [-0.1, -0.05) is 37.3 Å². The first-order valence-corrected chi connectivity index (χ1v) is 6.47. The summed E-state index contributed by atoms with van der Waals surface area (Å²) >= 11 is 0. The maximum atomic E-state index is 14.0. The number of rotatable bonds is 3. The molecule has 104 valence electrons. The summed E-state index contributed by atoms with van der Waals surface area (Å²) in [4.78, 5) is 11.8. The fourth-order valence-electron chi connectivity index (χ4n) is 2.22. The summed E-state index contributed by atoms with van der Waals surface area (Å²) < 4.78 is 28.0. The summed E-state index contributed by atoms with van der Waals surface area (Å²) in [5.41, 5.74) is -0.274. The number of alkyl halides is 2. The monoisotopic (exact) mass is 268 g/mol. The molecule has 1 aromatic rings. The predicted molar refractivity (Wildman–Crippen MR) is 68.9 cm³/mol. The van der Waals surface area contributed by atoms with Crippen molar-refractivity contribution in [2.24, 2.45) is 5.92 Å². The van der Waals surface area contributed by atoms with Gasteiger partial charge in [-0.25, -0.2) is 0 Å². The van der Waals surface area contributed by atoms with E-state index < -0.39 is 11.8 Å². The SMILES string of the molecule is CC1CCNCC1NC(=O)C(F)(F)c1ccccc1. The average molecular weight is 268 g/mol. The van der Waals surface area contributed by atoms with E-state index in [-0.39, 0.29) is 17.5 Å². The van der Waals surface area contributed by atoms with Gasteiger partial charge in [0.25, 0.3) is 5.91 Å². The first-order valence-electron chi connectivity index (χ1n) is 6.47. The topological polar surface area (TPSA) is 41.1 Å². The molecule has 3 nitrogen and oxygen atoms in total. The van der Waals surface area contributed by atoms with Gasteiger partial charge >= 0.3 is 5.92 Å². The summed E-state index contributed by atoms with van der Waals surface area (Å²) in [5, 5.41) is 5.56. The van der Waals surface area contributed by atoms with Crippen molar-refractivity contribution in [1.29, 1.82) is 0 Å². The molecule has 0 bridgehead atoms. The Morgan fingerprint density at radius 2 is 2.05 bits per heavy atom. The molecule has 1 fully saturated rings. The minimum Gasteiger partial charge on any atom is -0.346 e. The normalized spacial score (nSPS) is 23.9. The molecular formula is C14H18F2N2O. The molecule has 2 N–H and O–H groups in total. The summed E-state index contributed by atoms with van der Waals surface area (Å²) in [6.45, 7) is 3.37. The second kappa shape index (κ2) is 5.65. The van der Waals surface area contributed by atoms with Crippen LogP contribution in [0.4, 0.5) is 8.78 Å². The number of halogens is 2. The first kappa shape index (κ1) is 13.9. The van der Waals surface area contributed by atoms with Crippen molar-refractivity contribution in [3.63, 3.8) is 0 Å². The molecule has 19 heavy (non-hydrogen) atoms. The largest absolute Gasteiger partial charge is 0.349 e. The molecule has 1 heterocycles. The molecule has 1 aliphatic heterocycles. The Morgan fingerprint density at radius 3 is 2.68 bits per heavy atom. The molecule has 0 spiro atoms. The predicted octanol–water partition coefficient (Wildman–Crippen LogP) is 1.89. The maximum absolute atomic E-state index is 14.0. The lowest BCUT2D eigenvalue weighted by molar-refractivity contribution is -0.148. The van der Waals surface area contributed by atoms with E-state index >= 15 is 0 Å². The molecule has 0 aromatic heterocycles. The maximum Gasteiger partial charge on any atom is 0.349 e. The lowest BCUT2D eigenvalue weighted by Crippen LogP contribution is -2.53. The molecule has 2 unspecified atom stereocenters. The number of amides is 1. The van der Waals surface area contributed by atoms with Crippen molar-refractivity contribution in [2.75, 3.05) is 13.1 Å². The van der Waals surface area contributed by atoms with E-state index in [9.17, 15) is 13.6 Å². The van der Waals surface area contributed by atoms with E-state index in [1.807, 2.05) is 6.92 Å². The molecule has 1 aliphatic rings. The minimum atomic E-state index is -3.49. The third kappa shape index (κ3) is 3.10. The number of nitrogens with one attached hydrogen (secondary N) is 2. The highest BCUT2D eigenvalue weighted by molar-refractivity contribution is 5.85.